The van der Waals surface area contributed by atoms with E-state index in [9.17, 15) is 9.59 Å². The van der Waals surface area contributed by atoms with Gasteiger partial charge in [-0.1, -0.05) is 11.6 Å². The first-order valence-corrected chi connectivity index (χ1v) is 6.67. The lowest BCUT2D eigenvalue weighted by molar-refractivity contribution is -0.129. The number of fused-ring (bicyclic) bond motifs is 1. The molecule has 0 radical (unpaired) electrons. The summed E-state index contributed by atoms with van der Waals surface area (Å²) in [6, 6.07) is -0.139. The fourth-order valence-corrected chi connectivity index (χ4v) is 2.71. The standard InChI is InChI=1S/C12H15ClN4O3/c1-6(5-20-2)16-4-7-10(12(16)19)14-9-3-8(13)15-17(9)11(7)18/h3,6,8,14-15H,4-5H2,1-2H3/t6-,8?/m0/s1/i/hD. The Morgan fingerprint density at radius 1 is 1.60 bits per heavy atom. The van der Waals surface area contributed by atoms with Gasteiger partial charge in [0.2, 0.25) is 0 Å². The van der Waals surface area contributed by atoms with Crippen molar-refractivity contribution < 1.29 is 15.7 Å². The van der Waals surface area contributed by atoms with E-state index in [-0.39, 0.29) is 24.2 Å². The number of hydrogen-bond acceptors (Lipinski definition) is 5. The zero-order valence-corrected chi connectivity index (χ0v) is 11.8. The van der Waals surface area contributed by atoms with Crippen LogP contribution in [0.2, 0.25) is 1.41 Å². The zero-order chi connectivity index (χ0) is 15.3. The van der Waals surface area contributed by atoms with Gasteiger partial charge in [0.25, 0.3) is 11.8 Å². The van der Waals surface area contributed by atoms with Crippen LogP contribution in [0.4, 0.5) is 0 Å². The summed E-state index contributed by atoms with van der Waals surface area (Å²) in [6.07, 6.45) is 1.52. The molecule has 0 aromatic heterocycles. The molecule has 3 rings (SSSR count). The minimum absolute atomic E-state index is 0.139. The molecular weight excluding hydrogens is 284 g/mol. The molecule has 2 amide bonds. The van der Waals surface area contributed by atoms with E-state index in [1.165, 1.54) is 6.08 Å². The molecule has 3 aliphatic rings. The molecule has 3 aliphatic heterocycles. The second-order valence-electron chi connectivity index (χ2n) is 4.87. The Morgan fingerprint density at radius 2 is 2.35 bits per heavy atom. The minimum atomic E-state index is -0.741. The van der Waals surface area contributed by atoms with Crippen molar-refractivity contribution in [2.24, 2.45) is 0 Å². The number of hydrazine groups is 1. The molecule has 2 N–H and O–H groups in total. The lowest BCUT2D eigenvalue weighted by Crippen LogP contribution is -2.47. The minimum Gasteiger partial charge on any atom is -0.383 e. The van der Waals surface area contributed by atoms with Gasteiger partial charge < -0.3 is 15.0 Å². The van der Waals surface area contributed by atoms with Crippen molar-refractivity contribution in [2.75, 3.05) is 20.3 Å². The number of ether oxygens (including phenoxy) is 1. The Kier molecular flexibility index (Phi) is 2.90. The number of methoxy groups -OCH3 is 1. The number of rotatable bonds is 3. The van der Waals surface area contributed by atoms with Gasteiger partial charge in [-0.25, -0.2) is 10.4 Å². The number of carbonyl (C=O) groups is 2. The van der Waals surface area contributed by atoms with Gasteiger partial charge in [0.1, 0.15) is 17.0 Å². The predicted octanol–water partition coefficient (Wildman–Crippen LogP) is -0.526. The third-order valence-electron chi connectivity index (χ3n) is 3.50. The maximum atomic E-state index is 12.5. The molecular formula is C12H15ClN4O3. The maximum Gasteiger partial charge on any atom is 0.274 e. The van der Waals surface area contributed by atoms with Gasteiger partial charge in [-0.15, -0.1) is 0 Å². The Morgan fingerprint density at radius 3 is 3.05 bits per heavy atom. The number of nitrogens with one attached hydrogen (secondary N) is 2. The first-order valence-electron chi connectivity index (χ1n) is 6.69. The first kappa shape index (κ1) is 12.2. The quantitative estimate of drug-likeness (QED) is 0.542. The molecule has 0 aromatic carbocycles. The van der Waals surface area contributed by atoms with Crippen LogP contribution in [0.1, 0.15) is 6.92 Å². The zero-order valence-electron chi connectivity index (χ0n) is 12.1. The monoisotopic (exact) mass is 299 g/mol. The third kappa shape index (κ3) is 1.90. The smallest absolute Gasteiger partial charge is 0.274 e. The van der Waals surface area contributed by atoms with E-state index in [1.54, 1.807) is 12.0 Å². The summed E-state index contributed by atoms with van der Waals surface area (Å²) < 4.78 is 12.8. The number of nitrogens with zero attached hydrogens (tertiary/aromatic N) is 2. The lowest BCUT2D eigenvalue weighted by atomic mass is 10.2. The van der Waals surface area contributed by atoms with Crippen molar-refractivity contribution in [2.45, 2.75) is 18.5 Å². The first-order chi connectivity index (χ1) is 9.95. The van der Waals surface area contributed by atoms with E-state index in [2.05, 4.69) is 5.32 Å². The fourth-order valence-electron chi connectivity index (χ4n) is 2.50. The van der Waals surface area contributed by atoms with Crippen molar-refractivity contribution >= 4 is 23.4 Å². The van der Waals surface area contributed by atoms with Gasteiger partial charge in [-0.3, -0.25) is 9.59 Å². The highest BCUT2D eigenvalue weighted by atomic mass is 35.5. The average molecular weight is 300 g/mol. The van der Waals surface area contributed by atoms with Crippen molar-refractivity contribution in [3.63, 3.8) is 0 Å². The molecule has 0 bridgehead atoms. The SMILES string of the molecule is [2H]N1C(Cl)C=C2NC3=C(CN([C@@H](C)COC)C3=O)C(=O)N21. The van der Waals surface area contributed by atoms with Gasteiger partial charge in [0.05, 0.1) is 24.8 Å². The van der Waals surface area contributed by atoms with Gasteiger partial charge in [-0.2, -0.15) is 0 Å². The molecule has 0 fully saturated rings. The molecule has 0 aliphatic carbocycles. The van der Waals surface area contributed by atoms with Crippen LogP contribution < -0.4 is 10.7 Å². The van der Waals surface area contributed by atoms with Gasteiger partial charge >= 0.3 is 0 Å². The van der Waals surface area contributed by atoms with Crippen molar-refractivity contribution in [1.29, 1.82) is 0 Å². The molecule has 0 aromatic rings. The third-order valence-corrected chi connectivity index (χ3v) is 3.71. The van der Waals surface area contributed by atoms with Crippen LogP contribution >= 0.6 is 11.6 Å². The Labute approximate surface area is 122 Å². The van der Waals surface area contributed by atoms with E-state index >= 15 is 0 Å². The lowest BCUT2D eigenvalue weighted by Gasteiger charge is -2.26. The summed E-state index contributed by atoms with van der Waals surface area (Å²) in [5.41, 5.74) is 0.754. The van der Waals surface area contributed by atoms with Gasteiger partial charge in [0, 0.05) is 7.11 Å². The Bertz CT molecular complexity index is 579. The molecule has 7 nitrogen and oxygen atoms in total. The van der Waals surface area contributed by atoms with Crippen LogP contribution in [0.25, 0.3) is 0 Å². The number of halogens is 1. The van der Waals surface area contributed by atoms with E-state index in [1.807, 2.05) is 6.92 Å². The Balaban J connectivity index is 1.88. The largest absolute Gasteiger partial charge is 0.383 e. The average Bonchev–Trinajstić information content (AvgIpc) is 2.90. The number of alkyl halides is 1. The van der Waals surface area contributed by atoms with Crippen molar-refractivity contribution in [3.05, 3.63) is 23.2 Å². The molecule has 2 atom stereocenters. The summed E-state index contributed by atoms with van der Waals surface area (Å²) in [7, 11) is 1.56. The molecule has 108 valence electrons. The molecule has 3 heterocycles. The van der Waals surface area contributed by atoms with E-state index in [0.717, 1.165) is 10.4 Å². The summed E-state index contributed by atoms with van der Waals surface area (Å²) in [4.78, 5) is 26.5. The topological polar surface area (TPSA) is 73.9 Å². The second kappa shape index (κ2) is 4.76. The number of carbonyl (C=O) groups excluding carboxylic acids is 2. The molecule has 0 spiro atoms. The normalized spacial score (nSPS) is 28.2. The fraction of sp³-hybridized carbons (Fsp3) is 0.500. The van der Waals surface area contributed by atoms with Crippen LogP contribution in [0, 0.1) is 0 Å². The van der Waals surface area contributed by atoms with E-state index < -0.39 is 11.4 Å². The van der Waals surface area contributed by atoms with Crippen LogP contribution in [-0.2, 0) is 14.3 Å². The molecule has 20 heavy (non-hydrogen) atoms. The highest BCUT2D eigenvalue weighted by molar-refractivity contribution is 6.22. The van der Waals surface area contributed by atoms with E-state index in [4.69, 9.17) is 17.7 Å². The number of hydrogen-bond donors (Lipinski definition) is 2. The summed E-state index contributed by atoms with van der Waals surface area (Å²) in [5.74, 6) is -0.282. The second-order valence-corrected chi connectivity index (χ2v) is 5.32. The maximum absolute atomic E-state index is 12.5. The summed E-state index contributed by atoms with van der Waals surface area (Å²) in [6.45, 7) is 2.45. The van der Waals surface area contributed by atoms with E-state index in [0.29, 0.717) is 18.0 Å². The Hall–Kier alpha value is -1.57. The predicted molar refractivity (Wildman–Crippen MR) is 70.9 cm³/mol. The van der Waals surface area contributed by atoms with Crippen molar-refractivity contribution in [1.82, 2.24) is 20.6 Å². The number of amides is 2. The van der Waals surface area contributed by atoms with Gasteiger partial charge in [-0.05, 0) is 13.0 Å². The molecule has 1 unspecified atom stereocenters. The highest BCUT2D eigenvalue weighted by Crippen LogP contribution is 2.29. The highest BCUT2D eigenvalue weighted by Gasteiger charge is 2.44. The molecule has 8 heteroatoms. The van der Waals surface area contributed by atoms with Crippen molar-refractivity contribution in [3.8, 4) is 0 Å². The molecule has 0 saturated heterocycles. The van der Waals surface area contributed by atoms with Crippen LogP contribution in [0.5, 0.6) is 0 Å². The van der Waals surface area contributed by atoms with Crippen LogP contribution in [-0.4, -0.2) is 53.5 Å². The van der Waals surface area contributed by atoms with Gasteiger partial charge in [0.15, 0.2) is 1.41 Å². The summed E-state index contributed by atoms with van der Waals surface area (Å²) >= 11 is 5.91. The summed E-state index contributed by atoms with van der Waals surface area (Å²) in [5, 5.41) is 4.05. The van der Waals surface area contributed by atoms with Crippen LogP contribution in [0.15, 0.2) is 23.2 Å². The molecule has 0 saturated carbocycles. The van der Waals surface area contributed by atoms with Crippen LogP contribution in [0.3, 0.4) is 0 Å².